The topological polar surface area (TPSA) is 0 Å². The molecule has 0 radical (unpaired) electrons. The van der Waals surface area contributed by atoms with E-state index < -0.39 is 0 Å². The van der Waals surface area contributed by atoms with Gasteiger partial charge < -0.3 is 0 Å². The molecule has 0 unspecified atom stereocenters. The second kappa shape index (κ2) is 5.99. The Hall–Kier alpha value is -1.37. The van der Waals surface area contributed by atoms with Crippen LogP contribution in [0.15, 0.2) is 43.0 Å². The molecule has 1 aromatic carbocycles. The van der Waals surface area contributed by atoms with Gasteiger partial charge in [-0.05, 0) is 48.4 Å². The van der Waals surface area contributed by atoms with E-state index in [1.54, 1.807) is 12.1 Å². The third kappa shape index (κ3) is 3.32. The Morgan fingerprint density at radius 1 is 1.06 bits per heavy atom. The van der Waals surface area contributed by atoms with E-state index in [9.17, 15) is 4.39 Å². The van der Waals surface area contributed by atoms with Crippen molar-refractivity contribution in [2.24, 2.45) is 5.92 Å². The van der Waals surface area contributed by atoms with Crippen molar-refractivity contribution >= 4 is 5.57 Å². The predicted molar refractivity (Wildman–Crippen MR) is 75.8 cm³/mol. The van der Waals surface area contributed by atoms with Crippen molar-refractivity contribution in [3.8, 4) is 0 Å². The molecule has 0 amide bonds. The predicted octanol–water partition coefficient (Wildman–Crippen LogP) is 5.37. The van der Waals surface area contributed by atoms with Gasteiger partial charge in [-0.2, -0.15) is 0 Å². The minimum absolute atomic E-state index is 0.197. The van der Waals surface area contributed by atoms with Gasteiger partial charge in [-0.3, -0.25) is 0 Å². The van der Waals surface area contributed by atoms with Gasteiger partial charge in [-0.25, -0.2) is 4.39 Å². The van der Waals surface area contributed by atoms with Crippen molar-refractivity contribution in [2.75, 3.05) is 0 Å². The molecule has 0 N–H and O–H groups in total. The van der Waals surface area contributed by atoms with Crippen LogP contribution in [-0.2, 0) is 0 Å². The monoisotopic (exact) mass is 244 g/mol. The van der Waals surface area contributed by atoms with Crippen LogP contribution in [-0.4, -0.2) is 0 Å². The lowest BCUT2D eigenvalue weighted by atomic mass is 9.81. The van der Waals surface area contributed by atoms with E-state index in [1.165, 1.54) is 49.8 Å². The molecule has 0 nitrogen and oxygen atoms in total. The van der Waals surface area contributed by atoms with Gasteiger partial charge in [-0.1, -0.05) is 50.1 Å². The van der Waals surface area contributed by atoms with E-state index in [2.05, 4.69) is 13.2 Å². The maximum absolute atomic E-state index is 12.9. The van der Waals surface area contributed by atoms with Gasteiger partial charge in [0.05, 0.1) is 0 Å². The fraction of sp³-hybridized carbons (Fsp3) is 0.412. The summed E-state index contributed by atoms with van der Waals surface area (Å²) in [4.78, 5) is 0. The highest BCUT2D eigenvalue weighted by atomic mass is 19.1. The zero-order chi connectivity index (χ0) is 13.0. The van der Waals surface area contributed by atoms with Gasteiger partial charge in [0.15, 0.2) is 0 Å². The molecule has 2 rings (SSSR count). The largest absolute Gasteiger partial charge is 0.207 e. The van der Waals surface area contributed by atoms with Crippen LogP contribution in [0, 0.1) is 11.7 Å². The normalized spacial score (nSPS) is 16.5. The summed E-state index contributed by atoms with van der Waals surface area (Å²) in [6, 6.07) is 6.57. The first-order chi connectivity index (χ1) is 8.66. The second-order valence-electron chi connectivity index (χ2n) is 5.28. The molecule has 1 heteroatoms. The molecule has 1 saturated carbocycles. The number of hydrogen-bond acceptors (Lipinski definition) is 0. The molecule has 1 fully saturated rings. The summed E-state index contributed by atoms with van der Waals surface area (Å²) in [5.41, 5.74) is 3.36. The summed E-state index contributed by atoms with van der Waals surface area (Å²) >= 11 is 0. The number of halogens is 1. The van der Waals surface area contributed by atoms with Gasteiger partial charge in [0.1, 0.15) is 5.82 Å². The number of benzene rings is 1. The Kier molecular flexibility index (Phi) is 4.35. The van der Waals surface area contributed by atoms with Gasteiger partial charge >= 0.3 is 0 Å². The smallest absolute Gasteiger partial charge is 0.123 e. The summed E-state index contributed by atoms with van der Waals surface area (Å²) in [7, 11) is 0. The van der Waals surface area contributed by atoms with Crippen LogP contribution >= 0.6 is 0 Å². The van der Waals surface area contributed by atoms with Crippen molar-refractivity contribution in [3.05, 3.63) is 54.4 Å². The third-order valence-corrected chi connectivity index (χ3v) is 3.88. The molecule has 18 heavy (non-hydrogen) atoms. The van der Waals surface area contributed by atoms with Crippen molar-refractivity contribution in [1.82, 2.24) is 0 Å². The van der Waals surface area contributed by atoms with Gasteiger partial charge in [0.25, 0.3) is 0 Å². The van der Waals surface area contributed by atoms with Crippen molar-refractivity contribution in [3.63, 3.8) is 0 Å². The van der Waals surface area contributed by atoms with E-state index in [-0.39, 0.29) is 5.82 Å². The quantitative estimate of drug-likeness (QED) is 0.625. The maximum Gasteiger partial charge on any atom is 0.123 e. The highest BCUT2D eigenvalue weighted by Crippen LogP contribution is 2.33. The molecule has 0 heterocycles. The number of allylic oxidation sites excluding steroid dienone is 2. The molecule has 1 aromatic rings. The van der Waals surface area contributed by atoms with Crippen LogP contribution in [0.1, 0.15) is 44.1 Å². The first kappa shape index (κ1) is 13.1. The number of hydrogen-bond donors (Lipinski definition) is 0. The highest BCUT2D eigenvalue weighted by molar-refractivity contribution is 5.65. The summed E-state index contributed by atoms with van der Waals surface area (Å²) in [6.45, 7) is 8.33. The zero-order valence-corrected chi connectivity index (χ0v) is 10.9. The summed E-state index contributed by atoms with van der Waals surface area (Å²) in [6.07, 6.45) is 7.41. The Balaban J connectivity index is 1.94. The lowest BCUT2D eigenvalue weighted by molar-refractivity contribution is 0.400. The standard InChI is InChI=1S/C17H21F/c1-13(15-6-4-3-5-7-15)12-14(2)16-8-10-17(18)11-9-16/h8-11,15H,1-7,12H2. The molecular weight excluding hydrogens is 223 g/mol. The lowest BCUT2D eigenvalue weighted by Gasteiger charge is -2.24. The minimum Gasteiger partial charge on any atom is -0.207 e. The van der Waals surface area contributed by atoms with Crippen LogP contribution in [0.2, 0.25) is 0 Å². The Morgan fingerprint density at radius 3 is 2.28 bits per heavy atom. The maximum atomic E-state index is 12.9. The summed E-state index contributed by atoms with van der Waals surface area (Å²) in [5, 5.41) is 0. The average Bonchev–Trinajstić information content (AvgIpc) is 2.40. The van der Waals surface area contributed by atoms with E-state index in [0.29, 0.717) is 5.92 Å². The molecule has 0 atom stereocenters. The molecule has 0 bridgehead atoms. The van der Waals surface area contributed by atoms with Crippen LogP contribution in [0.25, 0.3) is 5.57 Å². The van der Waals surface area contributed by atoms with Crippen LogP contribution in [0.5, 0.6) is 0 Å². The first-order valence-corrected chi connectivity index (χ1v) is 6.78. The van der Waals surface area contributed by atoms with Crippen LogP contribution in [0.4, 0.5) is 4.39 Å². The zero-order valence-electron chi connectivity index (χ0n) is 10.9. The summed E-state index contributed by atoms with van der Waals surface area (Å²) in [5.74, 6) is 0.466. The fourth-order valence-corrected chi connectivity index (χ4v) is 2.72. The molecular formula is C17H21F. The minimum atomic E-state index is -0.197. The molecule has 0 spiro atoms. The van der Waals surface area contributed by atoms with Gasteiger partial charge in [-0.15, -0.1) is 0 Å². The van der Waals surface area contributed by atoms with Crippen LogP contribution in [0.3, 0.4) is 0 Å². The Morgan fingerprint density at radius 2 is 1.67 bits per heavy atom. The van der Waals surface area contributed by atoms with E-state index in [1.807, 2.05) is 0 Å². The fourth-order valence-electron chi connectivity index (χ4n) is 2.72. The van der Waals surface area contributed by atoms with Crippen molar-refractivity contribution in [1.29, 1.82) is 0 Å². The molecule has 0 aliphatic heterocycles. The SMILES string of the molecule is C=C(CC(=C)C1CCCCC1)c1ccc(F)cc1. The van der Waals surface area contributed by atoms with Crippen molar-refractivity contribution in [2.45, 2.75) is 38.5 Å². The molecule has 0 saturated heterocycles. The molecule has 1 aliphatic carbocycles. The number of rotatable bonds is 4. The van der Waals surface area contributed by atoms with Gasteiger partial charge in [0, 0.05) is 0 Å². The average molecular weight is 244 g/mol. The third-order valence-electron chi connectivity index (χ3n) is 3.88. The highest BCUT2D eigenvalue weighted by Gasteiger charge is 2.17. The van der Waals surface area contributed by atoms with Crippen LogP contribution < -0.4 is 0 Å². The van der Waals surface area contributed by atoms with E-state index in [4.69, 9.17) is 0 Å². The van der Waals surface area contributed by atoms with Gasteiger partial charge in [0.2, 0.25) is 0 Å². The summed E-state index contributed by atoms with van der Waals surface area (Å²) < 4.78 is 12.9. The molecule has 96 valence electrons. The van der Waals surface area contributed by atoms with E-state index >= 15 is 0 Å². The van der Waals surface area contributed by atoms with E-state index in [0.717, 1.165) is 17.6 Å². The first-order valence-electron chi connectivity index (χ1n) is 6.78. The molecule has 1 aliphatic rings. The Labute approximate surface area is 109 Å². The van der Waals surface area contributed by atoms with Crippen molar-refractivity contribution < 1.29 is 4.39 Å². The lowest BCUT2D eigenvalue weighted by Crippen LogP contribution is -2.08. The second-order valence-corrected chi connectivity index (χ2v) is 5.28. The Bertz CT molecular complexity index is 421. The molecule has 0 aromatic heterocycles.